The summed E-state index contributed by atoms with van der Waals surface area (Å²) in [5, 5.41) is 3.28. The van der Waals surface area contributed by atoms with Crippen LogP contribution in [0.5, 0.6) is 0 Å². The molecule has 3 fully saturated rings. The maximum atomic E-state index is 12.1. The van der Waals surface area contributed by atoms with Gasteiger partial charge in [-0.05, 0) is 25.2 Å². The van der Waals surface area contributed by atoms with Crippen molar-refractivity contribution in [1.29, 1.82) is 0 Å². The zero-order valence-electron chi connectivity index (χ0n) is 13.4. The van der Waals surface area contributed by atoms with Gasteiger partial charge in [-0.1, -0.05) is 26.2 Å². The topological polar surface area (TPSA) is 41.6 Å². The Morgan fingerprint density at radius 1 is 1.24 bits per heavy atom. The van der Waals surface area contributed by atoms with Gasteiger partial charge >= 0.3 is 0 Å². The lowest BCUT2D eigenvalue weighted by Gasteiger charge is -2.42. The van der Waals surface area contributed by atoms with Gasteiger partial charge in [0.1, 0.15) is 0 Å². The maximum absolute atomic E-state index is 12.1. The Labute approximate surface area is 128 Å². The first-order valence-electron chi connectivity index (χ1n) is 8.76. The molecule has 1 N–H and O–H groups in total. The second-order valence-electron chi connectivity index (χ2n) is 7.49. The van der Waals surface area contributed by atoms with E-state index in [9.17, 15) is 4.79 Å². The predicted octanol–water partition coefficient (Wildman–Crippen LogP) is 2.04. The van der Waals surface area contributed by atoms with Gasteiger partial charge in [0.05, 0.1) is 13.2 Å². The summed E-state index contributed by atoms with van der Waals surface area (Å²) in [6.45, 7) is 8.02. The third kappa shape index (κ3) is 3.98. The lowest BCUT2D eigenvalue weighted by molar-refractivity contribution is -0.123. The molecule has 120 valence electrons. The molecule has 3 aliphatic rings. The van der Waals surface area contributed by atoms with E-state index in [2.05, 4.69) is 17.1 Å². The van der Waals surface area contributed by atoms with Crippen molar-refractivity contribution < 1.29 is 9.53 Å². The summed E-state index contributed by atoms with van der Waals surface area (Å²) in [7, 11) is 0. The molecule has 0 aromatic heterocycles. The highest BCUT2D eigenvalue weighted by Crippen LogP contribution is 2.39. The second kappa shape index (κ2) is 6.66. The molecule has 0 aromatic carbocycles. The Balaban J connectivity index is 1.55. The van der Waals surface area contributed by atoms with E-state index in [4.69, 9.17) is 4.74 Å². The molecule has 0 unspecified atom stereocenters. The van der Waals surface area contributed by atoms with Gasteiger partial charge in [0.25, 0.3) is 0 Å². The molecule has 21 heavy (non-hydrogen) atoms. The van der Waals surface area contributed by atoms with Gasteiger partial charge < -0.3 is 10.1 Å². The average molecular weight is 294 g/mol. The van der Waals surface area contributed by atoms with E-state index in [0.717, 1.165) is 45.8 Å². The summed E-state index contributed by atoms with van der Waals surface area (Å²) in [6.07, 6.45) is 7.62. The third-order valence-corrected chi connectivity index (χ3v) is 5.66. The fourth-order valence-corrected chi connectivity index (χ4v) is 4.02. The number of amides is 1. The first-order chi connectivity index (χ1) is 10.2. The van der Waals surface area contributed by atoms with Crippen LogP contribution in [0.15, 0.2) is 0 Å². The second-order valence-corrected chi connectivity index (χ2v) is 7.49. The van der Waals surface area contributed by atoms with Gasteiger partial charge in [0.2, 0.25) is 5.91 Å². The molecule has 4 heteroatoms. The van der Waals surface area contributed by atoms with E-state index in [-0.39, 0.29) is 0 Å². The van der Waals surface area contributed by atoms with E-state index < -0.39 is 0 Å². The number of nitrogens with zero attached hydrogens (tertiary/aromatic N) is 1. The highest BCUT2D eigenvalue weighted by molar-refractivity contribution is 5.81. The third-order valence-electron chi connectivity index (χ3n) is 5.66. The minimum Gasteiger partial charge on any atom is -0.379 e. The van der Waals surface area contributed by atoms with Gasteiger partial charge in [-0.25, -0.2) is 0 Å². The van der Waals surface area contributed by atoms with Crippen LogP contribution in [-0.2, 0) is 9.53 Å². The van der Waals surface area contributed by atoms with Crippen LogP contribution in [0, 0.1) is 17.3 Å². The van der Waals surface area contributed by atoms with E-state index in [1.165, 1.54) is 32.1 Å². The fraction of sp³-hybridized carbons (Fsp3) is 0.941. The van der Waals surface area contributed by atoms with Gasteiger partial charge in [0, 0.05) is 37.5 Å². The van der Waals surface area contributed by atoms with E-state index in [0.29, 0.717) is 23.2 Å². The smallest absolute Gasteiger partial charge is 0.223 e. The van der Waals surface area contributed by atoms with Crippen LogP contribution in [0.2, 0.25) is 0 Å². The van der Waals surface area contributed by atoms with Crippen molar-refractivity contribution >= 4 is 5.91 Å². The highest BCUT2D eigenvalue weighted by atomic mass is 16.5. The minimum absolute atomic E-state index is 0.300. The van der Waals surface area contributed by atoms with E-state index >= 15 is 0 Å². The summed E-state index contributed by atoms with van der Waals surface area (Å²) in [5.74, 6) is 1.20. The molecule has 3 rings (SSSR count). The highest BCUT2D eigenvalue weighted by Gasteiger charge is 2.41. The number of hydrogen-bond acceptors (Lipinski definition) is 3. The number of morpholine rings is 1. The molecule has 0 bridgehead atoms. The van der Waals surface area contributed by atoms with Crippen molar-refractivity contribution in [3.05, 3.63) is 0 Å². The predicted molar refractivity (Wildman–Crippen MR) is 83.1 cm³/mol. The van der Waals surface area contributed by atoms with Crippen LogP contribution in [0.25, 0.3) is 0 Å². The molecule has 2 atom stereocenters. The fourth-order valence-electron chi connectivity index (χ4n) is 4.02. The van der Waals surface area contributed by atoms with Crippen molar-refractivity contribution in [3.63, 3.8) is 0 Å². The summed E-state index contributed by atoms with van der Waals surface area (Å²) in [4.78, 5) is 14.7. The average Bonchev–Trinajstić information content (AvgIpc) is 3.24. The monoisotopic (exact) mass is 294 g/mol. The minimum atomic E-state index is 0.300. The molecule has 0 radical (unpaired) electrons. The Kier molecular flexibility index (Phi) is 4.85. The lowest BCUT2D eigenvalue weighted by Crippen LogP contribution is -2.49. The maximum Gasteiger partial charge on any atom is 0.223 e. The molecule has 4 nitrogen and oxygen atoms in total. The number of rotatable bonds is 5. The molecular weight excluding hydrogens is 264 g/mol. The molecule has 0 aromatic rings. The number of carbonyl (C=O) groups is 1. The molecule has 1 aliphatic heterocycles. The number of hydrogen-bond donors (Lipinski definition) is 1. The van der Waals surface area contributed by atoms with Crippen LogP contribution in [0.3, 0.4) is 0 Å². The summed E-state index contributed by atoms with van der Waals surface area (Å²) in [6, 6.07) is 0. The molecule has 2 aliphatic carbocycles. The Morgan fingerprint density at radius 2 is 1.90 bits per heavy atom. The number of carbonyl (C=O) groups excluding carboxylic acids is 1. The van der Waals surface area contributed by atoms with Crippen molar-refractivity contribution in [2.24, 2.45) is 17.3 Å². The van der Waals surface area contributed by atoms with E-state index in [1.54, 1.807) is 0 Å². The molecular formula is C17H30N2O2. The van der Waals surface area contributed by atoms with Crippen LogP contribution in [-0.4, -0.2) is 50.2 Å². The molecule has 1 saturated heterocycles. The first kappa shape index (κ1) is 15.3. The molecule has 0 spiro atoms. The van der Waals surface area contributed by atoms with Gasteiger partial charge in [-0.3, -0.25) is 9.69 Å². The standard InChI is InChI=1S/C17H30N2O2/c1-14-11-15(14)16(20)18-12-17(5-3-2-4-6-17)13-19-7-9-21-10-8-19/h14-15H,2-13H2,1H3,(H,18,20)/t14-,15-/m1/s1. The Hall–Kier alpha value is -0.610. The van der Waals surface area contributed by atoms with Crippen molar-refractivity contribution in [2.75, 3.05) is 39.4 Å². The SMILES string of the molecule is C[C@@H]1C[C@H]1C(=O)NCC1(CN2CCOCC2)CCCCC1. The van der Waals surface area contributed by atoms with E-state index in [1.807, 2.05) is 0 Å². The molecule has 1 heterocycles. The van der Waals surface area contributed by atoms with Crippen molar-refractivity contribution in [1.82, 2.24) is 10.2 Å². The normalized spacial score (nSPS) is 32.6. The van der Waals surface area contributed by atoms with Crippen molar-refractivity contribution in [2.45, 2.75) is 45.4 Å². The first-order valence-corrected chi connectivity index (χ1v) is 8.76. The summed E-state index contributed by atoms with van der Waals surface area (Å²) in [5.41, 5.74) is 0.309. The number of ether oxygens (including phenoxy) is 1. The summed E-state index contributed by atoms with van der Waals surface area (Å²) >= 11 is 0. The van der Waals surface area contributed by atoms with Gasteiger partial charge in [0.15, 0.2) is 0 Å². The van der Waals surface area contributed by atoms with Crippen LogP contribution in [0.1, 0.15) is 45.4 Å². The lowest BCUT2D eigenvalue weighted by atomic mass is 9.73. The van der Waals surface area contributed by atoms with Crippen LogP contribution >= 0.6 is 0 Å². The zero-order chi connectivity index (χ0) is 14.7. The van der Waals surface area contributed by atoms with Crippen LogP contribution < -0.4 is 5.32 Å². The van der Waals surface area contributed by atoms with Crippen LogP contribution in [0.4, 0.5) is 0 Å². The quantitative estimate of drug-likeness (QED) is 0.843. The van der Waals surface area contributed by atoms with Crippen molar-refractivity contribution in [3.8, 4) is 0 Å². The van der Waals surface area contributed by atoms with Gasteiger partial charge in [-0.15, -0.1) is 0 Å². The molecule has 2 saturated carbocycles. The Morgan fingerprint density at radius 3 is 2.52 bits per heavy atom. The summed E-state index contributed by atoms with van der Waals surface area (Å²) < 4.78 is 5.46. The Bertz CT molecular complexity index is 360. The van der Waals surface area contributed by atoms with Gasteiger partial charge in [-0.2, -0.15) is 0 Å². The largest absolute Gasteiger partial charge is 0.379 e. The number of nitrogens with one attached hydrogen (secondary N) is 1. The zero-order valence-corrected chi connectivity index (χ0v) is 13.4. The molecule has 1 amide bonds.